The second-order valence-electron chi connectivity index (χ2n) is 9.02. The van der Waals surface area contributed by atoms with E-state index in [1.54, 1.807) is 0 Å². The molecule has 15 N–H and O–H groups in total. The number of fused-ring (bicyclic) bond motifs is 2. The number of phenolic OH excluding ortho intramolecular Hbond substituents is 1. The number of benzene rings is 4. The highest BCUT2D eigenvalue weighted by molar-refractivity contribution is 7.86. The maximum atomic E-state index is 11.2. The van der Waals surface area contributed by atoms with E-state index < -0.39 is 63.4 Å². The van der Waals surface area contributed by atoms with Gasteiger partial charge in [0.25, 0.3) is 42.2 Å². The molecule has 1 aliphatic rings. The van der Waals surface area contributed by atoms with Gasteiger partial charge in [-0.2, -0.15) is 25.3 Å². The third kappa shape index (κ3) is 7.49. The fraction of sp³-hybridized carbons (Fsp3) is 0. The highest BCUT2D eigenvalue weighted by Crippen LogP contribution is 2.39. The van der Waals surface area contributed by atoms with Crippen molar-refractivity contribution in [2.24, 2.45) is 0 Å². The van der Waals surface area contributed by atoms with E-state index in [0.29, 0.717) is 5.69 Å². The molecular weight excluding hydrogens is 660 g/mol. The molecule has 2 amide bonds. The number of rotatable bonds is 3. The number of nitrogens with two attached hydrogens (primary N) is 5. The van der Waals surface area contributed by atoms with E-state index in [0.717, 1.165) is 18.2 Å². The molecule has 21 heteroatoms. The lowest BCUT2D eigenvalue weighted by atomic mass is 10.1. The number of phenols is 1. The van der Waals surface area contributed by atoms with Crippen LogP contribution in [0, 0.1) is 0 Å². The molecule has 0 saturated carbocycles. The summed E-state index contributed by atoms with van der Waals surface area (Å²) in [5.41, 5.74) is 27.6. The zero-order valence-corrected chi connectivity index (χ0v) is 24.8. The summed E-state index contributed by atoms with van der Waals surface area (Å²) >= 11 is 0. The second-order valence-corrected chi connectivity index (χ2v) is 13.2. The van der Waals surface area contributed by atoms with Crippen molar-refractivity contribution < 1.29 is 53.6 Å². The number of aromatic hydroxyl groups is 1. The van der Waals surface area contributed by atoms with Crippen LogP contribution in [0.15, 0.2) is 69.3 Å². The fourth-order valence-electron chi connectivity index (χ4n) is 3.85. The van der Waals surface area contributed by atoms with Gasteiger partial charge in [-0.05, 0) is 60.0 Å². The Bertz CT molecular complexity index is 2160. The van der Waals surface area contributed by atoms with Crippen molar-refractivity contribution in [3.05, 3.63) is 65.7 Å². The van der Waals surface area contributed by atoms with E-state index in [9.17, 15) is 39.9 Å². The van der Waals surface area contributed by atoms with Gasteiger partial charge < -0.3 is 33.8 Å². The molecule has 0 unspecified atom stereocenters. The van der Waals surface area contributed by atoms with Crippen LogP contribution in [0.3, 0.4) is 0 Å². The summed E-state index contributed by atoms with van der Waals surface area (Å²) in [4.78, 5) is 20.8. The van der Waals surface area contributed by atoms with Gasteiger partial charge in [0, 0.05) is 22.4 Å². The Morgan fingerprint density at radius 2 is 1.02 bits per heavy atom. The zero-order valence-electron chi connectivity index (χ0n) is 22.4. The van der Waals surface area contributed by atoms with E-state index in [1.807, 2.05) is 0 Å². The molecule has 45 heavy (non-hydrogen) atoms. The lowest BCUT2D eigenvalue weighted by molar-refractivity contribution is 0.0880. The number of hydrogen-bond acceptors (Lipinski definition) is 14. The molecule has 4 aromatic rings. The van der Waals surface area contributed by atoms with E-state index >= 15 is 0 Å². The molecule has 0 saturated heterocycles. The predicted octanol–water partition coefficient (Wildman–Crippen LogP) is 0.453. The number of nitrogens with one attached hydrogen (secondary N) is 1. The summed E-state index contributed by atoms with van der Waals surface area (Å²) in [5.74, 6) is -1.65. The summed E-state index contributed by atoms with van der Waals surface area (Å²) in [6, 6.07) is 11.0. The fourth-order valence-corrected chi connectivity index (χ4v) is 5.61. The predicted molar refractivity (Wildman–Crippen MR) is 162 cm³/mol. The first-order valence-electron chi connectivity index (χ1n) is 11.7. The molecule has 240 valence electrons. The smallest absolute Gasteiger partial charge is 0.296 e. The van der Waals surface area contributed by atoms with Crippen molar-refractivity contribution >= 4 is 81.4 Å². The van der Waals surface area contributed by atoms with E-state index in [2.05, 4.69) is 5.32 Å². The van der Waals surface area contributed by atoms with Gasteiger partial charge in [-0.3, -0.25) is 28.6 Å². The Labute approximate surface area is 254 Å². The molecule has 0 bridgehead atoms. The Morgan fingerprint density at radius 3 is 1.44 bits per heavy atom. The van der Waals surface area contributed by atoms with Crippen molar-refractivity contribution in [1.82, 2.24) is 5.32 Å². The van der Waals surface area contributed by atoms with E-state index in [4.69, 9.17) is 42.3 Å². The molecule has 0 aliphatic carbocycles. The van der Waals surface area contributed by atoms with Crippen LogP contribution in [-0.4, -0.2) is 55.8 Å². The average Bonchev–Trinajstić information content (AvgIpc) is 3.22. The number of amides is 2. The summed E-state index contributed by atoms with van der Waals surface area (Å²) in [5, 5.41) is 11.8. The lowest BCUT2D eigenvalue weighted by Crippen LogP contribution is -2.20. The minimum Gasteiger partial charge on any atom is -0.505 e. The monoisotopic (exact) mass is 684 g/mol. The van der Waals surface area contributed by atoms with Crippen molar-refractivity contribution in [2.75, 3.05) is 28.7 Å². The van der Waals surface area contributed by atoms with Crippen molar-refractivity contribution in [3.8, 4) is 5.75 Å². The summed E-state index contributed by atoms with van der Waals surface area (Å²) in [6.45, 7) is 0. The van der Waals surface area contributed by atoms with Crippen LogP contribution in [0.4, 0.5) is 28.4 Å². The third-order valence-electron chi connectivity index (χ3n) is 5.93. The molecule has 0 radical (unpaired) electrons. The number of carbonyl (C=O) groups is 2. The quantitative estimate of drug-likeness (QED) is 0.0606. The Morgan fingerprint density at radius 1 is 0.578 bits per heavy atom. The minimum absolute atomic E-state index is 0.0372. The van der Waals surface area contributed by atoms with Crippen LogP contribution in [-0.2, 0) is 30.4 Å². The molecule has 18 nitrogen and oxygen atoms in total. The standard InChI is InChI=1S/C10H10N2O7S2.C8H7N3O2.C6H7NO3S/c11-6-3-5-4(1-7(6)20(14,15)16)2-8(21(17,18)19)9(12)10(5)13;9-3-1-2-4(10)6-5(3)7(12)11-8(6)13;7-5-1-3-6(4-2-5)11(8,9)10/h1-3,13H,11-12H2,(H,14,15,16)(H,17,18,19);1-2H,9-10H2,(H,11,12,13);1-4H,7H2,(H,8,9,10). The molecule has 5 rings (SSSR count). The Hall–Kier alpha value is -5.19. The van der Waals surface area contributed by atoms with E-state index in [1.165, 1.54) is 36.4 Å². The van der Waals surface area contributed by atoms with Gasteiger partial charge in [0.1, 0.15) is 15.5 Å². The number of anilines is 5. The minimum atomic E-state index is -4.73. The highest BCUT2D eigenvalue weighted by Gasteiger charge is 2.30. The van der Waals surface area contributed by atoms with Crippen LogP contribution in [0.2, 0.25) is 0 Å². The molecule has 4 aromatic carbocycles. The summed E-state index contributed by atoms with van der Waals surface area (Å²) in [6.07, 6.45) is 0. The van der Waals surface area contributed by atoms with Crippen molar-refractivity contribution in [3.63, 3.8) is 0 Å². The molecule has 0 atom stereocenters. The number of nitrogen functional groups attached to an aromatic ring is 5. The summed E-state index contributed by atoms with van der Waals surface area (Å²) in [7, 11) is -13.5. The Kier molecular flexibility index (Phi) is 9.20. The zero-order chi connectivity index (χ0) is 34.2. The molecule has 1 aliphatic heterocycles. The average molecular weight is 685 g/mol. The molecule has 0 aromatic heterocycles. The normalized spacial score (nSPS) is 12.8. The van der Waals surface area contributed by atoms with Gasteiger partial charge in [0.15, 0.2) is 0 Å². The third-order valence-corrected chi connectivity index (χ3v) is 8.60. The van der Waals surface area contributed by atoms with Crippen molar-refractivity contribution in [1.29, 1.82) is 0 Å². The van der Waals surface area contributed by atoms with Gasteiger partial charge in [-0.1, -0.05) is 0 Å². The Balaban J connectivity index is 0.000000197. The lowest BCUT2D eigenvalue weighted by Gasteiger charge is -2.11. The van der Waals surface area contributed by atoms with Crippen LogP contribution in [0.25, 0.3) is 10.8 Å². The first kappa shape index (κ1) is 34.3. The van der Waals surface area contributed by atoms with Gasteiger partial charge >= 0.3 is 0 Å². The molecule has 1 heterocycles. The van der Waals surface area contributed by atoms with Gasteiger partial charge in [-0.15, -0.1) is 0 Å². The number of carbonyl (C=O) groups excluding carboxylic acids is 2. The SMILES string of the molecule is Nc1cc2c(O)c(N)c(S(=O)(=O)O)cc2cc1S(=O)(=O)O.Nc1ccc(N)c2c1C(=O)NC2=O.Nc1ccc(S(=O)(=O)O)cc1. The van der Waals surface area contributed by atoms with E-state index in [-0.39, 0.29) is 43.9 Å². The van der Waals surface area contributed by atoms with Gasteiger partial charge in [0.05, 0.1) is 27.4 Å². The van der Waals surface area contributed by atoms with Crippen LogP contribution >= 0.6 is 0 Å². The van der Waals surface area contributed by atoms with Crippen molar-refractivity contribution in [2.45, 2.75) is 14.7 Å². The van der Waals surface area contributed by atoms with Crippen LogP contribution in [0.1, 0.15) is 20.7 Å². The van der Waals surface area contributed by atoms with Crippen LogP contribution < -0.4 is 34.0 Å². The second kappa shape index (κ2) is 12.1. The first-order valence-corrected chi connectivity index (χ1v) is 16.0. The molecule has 0 fully saturated rings. The summed E-state index contributed by atoms with van der Waals surface area (Å²) < 4.78 is 92.1. The number of imide groups is 1. The maximum Gasteiger partial charge on any atom is 0.296 e. The van der Waals surface area contributed by atoms with Gasteiger partial charge in [0.2, 0.25) is 0 Å². The van der Waals surface area contributed by atoms with Gasteiger partial charge in [-0.25, -0.2) is 0 Å². The van der Waals surface area contributed by atoms with Crippen LogP contribution in [0.5, 0.6) is 5.75 Å². The number of hydrogen-bond donors (Lipinski definition) is 10. The largest absolute Gasteiger partial charge is 0.505 e. The molecular formula is C24H24N6O12S3. The first-order chi connectivity index (χ1) is 20.5. The maximum absolute atomic E-state index is 11.2. The topological polar surface area (TPSA) is 360 Å². The highest BCUT2D eigenvalue weighted by atomic mass is 32.2. The molecule has 0 spiro atoms.